The van der Waals surface area contributed by atoms with Crippen LogP contribution in [-0.4, -0.2) is 30.6 Å². The molecule has 0 heterocycles. The molecule has 116 valence electrons. The van der Waals surface area contributed by atoms with Crippen molar-refractivity contribution in [2.75, 3.05) is 24.2 Å². The first kappa shape index (κ1) is 16.8. The largest absolute Gasteiger partial charge is 0.462 e. The van der Waals surface area contributed by atoms with Gasteiger partial charge in [-0.25, -0.2) is 4.79 Å². The molecule has 0 aliphatic carbocycles. The van der Waals surface area contributed by atoms with Gasteiger partial charge < -0.3 is 21.1 Å². The van der Waals surface area contributed by atoms with Gasteiger partial charge in [0.15, 0.2) is 0 Å². The molecule has 0 saturated carbocycles. The monoisotopic (exact) mass is 293 g/mol. The van der Waals surface area contributed by atoms with Gasteiger partial charge >= 0.3 is 5.97 Å². The van der Waals surface area contributed by atoms with E-state index >= 15 is 0 Å². The van der Waals surface area contributed by atoms with Gasteiger partial charge in [-0.05, 0) is 45.9 Å². The highest BCUT2D eigenvalue weighted by atomic mass is 16.5. The molecule has 1 aromatic rings. The van der Waals surface area contributed by atoms with Gasteiger partial charge in [0, 0.05) is 16.9 Å². The Hall–Kier alpha value is -2.24. The van der Waals surface area contributed by atoms with Crippen LogP contribution in [0.3, 0.4) is 0 Å². The topological polar surface area (TPSA) is 93.4 Å². The molecule has 0 aliphatic rings. The molecule has 6 heteroatoms. The SMILES string of the molecule is CCOC(=O)c1cc(N)ccc1NCC(=O)NC(C)(C)C. The maximum absolute atomic E-state index is 11.9. The third-order valence-corrected chi connectivity index (χ3v) is 2.49. The van der Waals surface area contributed by atoms with Crippen molar-refractivity contribution < 1.29 is 14.3 Å². The normalized spacial score (nSPS) is 10.9. The molecular weight excluding hydrogens is 270 g/mol. The summed E-state index contributed by atoms with van der Waals surface area (Å²) >= 11 is 0. The van der Waals surface area contributed by atoms with Gasteiger partial charge in [-0.15, -0.1) is 0 Å². The van der Waals surface area contributed by atoms with E-state index in [9.17, 15) is 9.59 Å². The van der Waals surface area contributed by atoms with Gasteiger partial charge in [0.1, 0.15) is 0 Å². The second kappa shape index (κ2) is 6.97. The lowest BCUT2D eigenvalue weighted by atomic mass is 10.1. The summed E-state index contributed by atoms with van der Waals surface area (Å²) in [5.74, 6) is -0.627. The lowest BCUT2D eigenvalue weighted by Gasteiger charge is -2.21. The molecule has 1 rings (SSSR count). The Labute approximate surface area is 125 Å². The van der Waals surface area contributed by atoms with E-state index < -0.39 is 5.97 Å². The van der Waals surface area contributed by atoms with Crippen LogP contribution in [0.4, 0.5) is 11.4 Å². The van der Waals surface area contributed by atoms with Crippen molar-refractivity contribution in [3.8, 4) is 0 Å². The number of benzene rings is 1. The van der Waals surface area contributed by atoms with Crippen LogP contribution in [0, 0.1) is 0 Å². The maximum atomic E-state index is 11.9. The maximum Gasteiger partial charge on any atom is 0.340 e. The van der Waals surface area contributed by atoms with Gasteiger partial charge in [0.25, 0.3) is 0 Å². The molecule has 0 bridgehead atoms. The average Bonchev–Trinajstić information content (AvgIpc) is 2.35. The van der Waals surface area contributed by atoms with E-state index in [0.29, 0.717) is 16.9 Å². The Bertz CT molecular complexity index is 521. The molecule has 0 spiro atoms. The molecule has 0 fully saturated rings. The summed E-state index contributed by atoms with van der Waals surface area (Å²) in [6.45, 7) is 7.77. The molecule has 0 aliphatic heterocycles. The Kier molecular flexibility index (Phi) is 5.58. The number of nitrogen functional groups attached to an aromatic ring is 1. The zero-order valence-electron chi connectivity index (χ0n) is 12.9. The summed E-state index contributed by atoms with van der Waals surface area (Å²) in [5.41, 5.74) is 6.68. The highest BCUT2D eigenvalue weighted by molar-refractivity contribution is 5.97. The molecule has 0 saturated heterocycles. The van der Waals surface area contributed by atoms with Crippen molar-refractivity contribution in [1.82, 2.24) is 5.32 Å². The second-order valence-corrected chi connectivity index (χ2v) is 5.68. The number of hydrogen-bond donors (Lipinski definition) is 3. The summed E-state index contributed by atoms with van der Waals surface area (Å²) in [7, 11) is 0. The smallest absolute Gasteiger partial charge is 0.340 e. The number of nitrogens with one attached hydrogen (secondary N) is 2. The van der Waals surface area contributed by atoms with Crippen molar-refractivity contribution in [3.05, 3.63) is 23.8 Å². The van der Waals surface area contributed by atoms with Crippen LogP contribution in [0.2, 0.25) is 0 Å². The number of rotatable bonds is 5. The fraction of sp³-hybridized carbons (Fsp3) is 0.467. The molecule has 0 unspecified atom stereocenters. The number of hydrogen-bond acceptors (Lipinski definition) is 5. The van der Waals surface area contributed by atoms with Crippen LogP contribution in [-0.2, 0) is 9.53 Å². The van der Waals surface area contributed by atoms with Crippen LogP contribution in [0.25, 0.3) is 0 Å². The summed E-state index contributed by atoms with van der Waals surface area (Å²) < 4.78 is 4.98. The van der Waals surface area contributed by atoms with Crippen LogP contribution in [0.15, 0.2) is 18.2 Å². The molecular formula is C15H23N3O3. The minimum atomic E-state index is -0.469. The summed E-state index contributed by atoms with van der Waals surface area (Å²) in [4.78, 5) is 23.7. The van der Waals surface area contributed by atoms with Crippen LogP contribution in [0.5, 0.6) is 0 Å². The van der Waals surface area contributed by atoms with Gasteiger partial charge in [0.05, 0.1) is 18.7 Å². The van der Waals surface area contributed by atoms with Crippen molar-refractivity contribution in [2.24, 2.45) is 0 Å². The fourth-order valence-electron chi connectivity index (χ4n) is 1.73. The Morgan fingerprint density at radius 3 is 2.52 bits per heavy atom. The van der Waals surface area contributed by atoms with E-state index in [0.717, 1.165) is 0 Å². The van der Waals surface area contributed by atoms with Crippen molar-refractivity contribution >= 4 is 23.3 Å². The highest BCUT2D eigenvalue weighted by Crippen LogP contribution is 2.20. The summed E-state index contributed by atoms with van der Waals surface area (Å²) in [6.07, 6.45) is 0. The first-order valence-electron chi connectivity index (χ1n) is 6.84. The zero-order chi connectivity index (χ0) is 16.0. The number of esters is 1. The molecule has 6 nitrogen and oxygen atoms in total. The molecule has 21 heavy (non-hydrogen) atoms. The quantitative estimate of drug-likeness (QED) is 0.568. The molecule has 0 atom stereocenters. The number of amides is 1. The van der Waals surface area contributed by atoms with Gasteiger partial charge in [-0.3, -0.25) is 4.79 Å². The number of ether oxygens (including phenoxy) is 1. The Morgan fingerprint density at radius 1 is 1.29 bits per heavy atom. The second-order valence-electron chi connectivity index (χ2n) is 5.68. The van der Waals surface area contributed by atoms with Crippen LogP contribution < -0.4 is 16.4 Å². The molecule has 1 amide bonds. The summed E-state index contributed by atoms with van der Waals surface area (Å²) in [5, 5.41) is 5.77. The first-order chi connectivity index (χ1) is 9.73. The molecule has 0 aromatic heterocycles. The van der Waals surface area contributed by atoms with Gasteiger partial charge in [-0.1, -0.05) is 0 Å². The number of carbonyl (C=O) groups excluding carboxylic acids is 2. The lowest BCUT2D eigenvalue weighted by molar-refractivity contribution is -0.120. The van der Waals surface area contributed by atoms with Crippen molar-refractivity contribution in [2.45, 2.75) is 33.2 Å². The van der Waals surface area contributed by atoms with E-state index in [4.69, 9.17) is 10.5 Å². The number of carbonyl (C=O) groups is 2. The van der Waals surface area contributed by atoms with Crippen molar-refractivity contribution in [3.63, 3.8) is 0 Å². The average molecular weight is 293 g/mol. The predicted molar refractivity (Wildman–Crippen MR) is 83.2 cm³/mol. The Balaban J connectivity index is 2.79. The minimum absolute atomic E-state index is 0.0631. The van der Waals surface area contributed by atoms with E-state index in [1.54, 1.807) is 19.1 Å². The number of nitrogens with two attached hydrogens (primary N) is 1. The van der Waals surface area contributed by atoms with E-state index in [2.05, 4.69) is 10.6 Å². The third kappa shape index (κ3) is 5.72. The van der Waals surface area contributed by atoms with E-state index in [1.807, 2.05) is 20.8 Å². The zero-order valence-corrected chi connectivity index (χ0v) is 12.9. The fourth-order valence-corrected chi connectivity index (χ4v) is 1.73. The standard InChI is InChI=1S/C15H23N3O3/c1-5-21-14(20)11-8-10(16)6-7-12(11)17-9-13(19)18-15(2,3)4/h6-8,17H,5,9,16H2,1-4H3,(H,18,19). The van der Waals surface area contributed by atoms with E-state index in [-0.39, 0.29) is 24.6 Å². The summed E-state index contributed by atoms with van der Waals surface area (Å²) in [6, 6.07) is 4.85. The molecule has 1 aromatic carbocycles. The van der Waals surface area contributed by atoms with Crippen LogP contribution in [0.1, 0.15) is 38.1 Å². The minimum Gasteiger partial charge on any atom is -0.462 e. The van der Waals surface area contributed by atoms with Gasteiger partial charge in [0.2, 0.25) is 5.91 Å². The molecule has 0 radical (unpaired) electrons. The first-order valence-corrected chi connectivity index (χ1v) is 6.84. The predicted octanol–water partition coefficient (Wildman–Crippen LogP) is 1.77. The molecule has 4 N–H and O–H groups in total. The lowest BCUT2D eigenvalue weighted by Crippen LogP contribution is -2.43. The highest BCUT2D eigenvalue weighted by Gasteiger charge is 2.16. The van der Waals surface area contributed by atoms with E-state index in [1.165, 1.54) is 6.07 Å². The Morgan fingerprint density at radius 2 is 1.95 bits per heavy atom. The third-order valence-electron chi connectivity index (χ3n) is 2.49. The number of anilines is 2. The van der Waals surface area contributed by atoms with Crippen LogP contribution >= 0.6 is 0 Å². The van der Waals surface area contributed by atoms with Crippen molar-refractivity contribution in [1.29, 1.82) is 0 Å². The van der Waals surface area contributed by atoms with Gasteiger partial charge in [-0.2, -0.15) is 0 Å².